The lowest BCUT2D eigenvalue weighted by atomic mass is 10.1. The summed E-state index contributed by atoms with van der Waals surface area (Å²) < 4.78 is 54.3. The van der Waals surface area contributed by atoms with Gasteiger partial charge in [0.25, 0.3) is 10.0 Å². The van der Waals surface area contributed by atoms with Crippen molar-refractivity contribution in [2.75, 3.05) is 31.1 Å². The van der Waals surface area contributed by atoms with Gasteiger partial charge in [-0.1, -0.05) is 28.1 Å². The van der Waals surface area contributed by atoms with Crippen LogP contribution in [0.15, 0.2) is 76.1 Å². The second kappa shape index (κ2) is 12.0. The van der Waals surface area contributed by atoms with Crippen molar-refractivity contribution in [3.63, 3.8) is 0 Å². The van der Waals surface area contributed by atoms with Crippen molar-refractivity contribution in [1.82, 2.24) is 10.2 Å². The van der Waals surface area contributed by atoms with Crippen LogP contribution in [0.2, 0.25) is 0 Å². The molecule has 3 aromatic carbocycles. The van der Waals surface area contributed by atoms with E-state index in [1.807, 2.05) is 6.07 Å². The zero-order chi connectivity index (χ0) is 28.2. The predicted molar refractivity (Wildman–Crippen MR) is 147 cm³/mol. The molecule has 3 aromatic rings. The number of sulfonamides is 1. The Morgan fingerprint density at radius 3 is 2.38 bits per heavy atom. The summed E-state index contributed by atoms with van der Waals surface area (Å²) in [6.07, 6.45) is 0. The van der Waals surface area contributed by atoms with Gasteiger partial charge in [0, 0.05) is 24.1 Å². The van der Waals surface area contributed by atoms with Crippen molar-refractivity contribution in [2.24, 2.45) is 0 Å². The number of amides is 2. The Labute approximate surface area is 234 Å². The lowest BCUT2D eigenvalue weighted by Gasteiger charge is -2.32. The number of hydrogen-bond donors (Lipinski definition) is 1. The Bertz CT molecular complexity index is 1470. The summed E-state index contributed by atoms with van der Waals surface area (Å²) in [6.45, 7) is 1.57. The van der Waals surface area contributed by atoms with Crippen LogP contribution in [0.1, 0.15) is 12.5 Å². The Balaban J connectivity index is 1.72. The largest absolute Gasteiger partial charge is 0.486 e. The molecule has 0 fully saturated rings. The molecule has 0 radical (unpaired) electrons. The Kier molecular flexibility index (Phi) is 8.76. The van der Waals surface area contributed by atoms with Crippen LogP contribution >= 0.6 is 15.9 Å². The molecule has 1 aliphatic rings. The molecular weight excluding hydrogens is 593 g/mol. The molecule has 206 valence electrons. The van der Waals surface area contributed by atoms with Gasteiger partial charge in [-0.3, -0.25) is 13.9 Å². The number of halogens is 2. The molecule has 1 heterocycles. The minimum Gasteiger partial charge on any atom is -0.486 e. The van der Waals surface area contributed by atoms with E-state index in [-0.39, 0.29) is 29.5 Å². The number of nitrogens with zero attached hydrogens (tertiary/aromatic N) is 2. The van der Waals surface area contributed by atoms with E-state index in [0.717, 1.165) is 26.5 Å². The van der Waals surface area contributed by atoms with Gasteiger partial charge in [-0.2, -0.15) is 0 Å². The molecule has 1 atom stereocenters. The molecule has 2 amide bonds. The molecule has 0 bridgehead atoms. The predicted octanol–water partition coefficient (Wildman–Crippen LogP) is 3.72. The average molecular weight is 620 g/mol. The fourth-order valence-electron chi connectivity index (χ4n) is 4.07. The zero-order valence-corrected chi connectivity index (χ0v) is 23.7. The van der Waals surface area contributed by atoms with E-state index in [9.17, 15) is 22.4 Å². The van der Waals surface area contributed by atoms with Gasteiger partial charge in [-0.05, 0) is 61.0 Å². The fourth-order valence-corrected chi connectivity index (χ4v) is 5.95. The van der Waals surface area contributed by atoms with Gasteiger partial charge in [0.2, 0.25) is 11.8 Å². The highest BCUT2D eigenvalue weighted by atomic mass is 79.9. The molecule has 0 saturated carbocycles. The van der Waals surface area contributed by atoms with Crippen LogP contribution in [0.25, 0.3) is 0 Å². The van der Waals surface area contributed by atoms with E-state index in [4.69, 9.17) is 9.47 Å². The van der Waals surface area contributed by atoms with Gasteiger partial charge in [-0.25, -0.2) is 12.8 Å². The summed E-state index contributed by atoms with van der Waals surface area (Å²) in [5.41, 5.74) is 0.811. The Morgan fingerprint density at radius 1 is 1.03 bits per heavy atom. The molecular formula is C27H27BrFN3O6S. The first-order valence-electron chi connectivity index (χ1n) is 12.0. The number of anilines is 1. The Hall–Kier alpha value is -3.64. The first-order valence-corrected chi connectivity index (χ1v) is 14.3. The molecule has 1 aliphatic heterocycles. The maximum absolute atomic E-state index is 13.9. The number of fused-ring (bicyclic) bond motifs is 1. The number of carbonyl (C=O) groups is 2. The van der Waals surface area contributed by atoms with Crippen LogP contribution in [-0.4, -0.2) is 58.0 Å². The molecule has 0 spiro atoms. The summed E-state index contributed by atoms with van der Waals surface area (Å²) in [7, 11) is -2.88. The van der Waals surface area contributed by atoms with Crippen molar-refractivity contribution in [1.29, 1.82) is 0 Å². The van der Waals surface area contributed by atoms with Crippen molar-refractivity contribution in [2.45, 2.75) is 24.4 Å². The molecule has 12 heteroatoms. The standard InChI is InChI=1S/C27H27BrFN3O6S/c1-18(27(34)30-2)31(16-19-4-3-5-20(28)14-19)26(33)17-32(22-8-6-21(29)7-9-22)39(35,36)23-10-11-24-25(15-23)38-13-12-37-24/h3-11,14-15,18H,12-13,16-17H2,1-2H3,(H,30,34)/t18-/m1/s1. The lowest BCUT2D eigenvalue weighted by Crippen LogP contribution is -2.50. The number of likely N-dealkylation sites (N-methyl/N-ethyl adjacent to an activating group) is 1. The number of carbonyl (C=O) groups excluding carboxylic acids is 2. The SMILES string of the molecule is CNC(=O)[C@@H](C)N(Cc1cccc(Br)c1)C(=O)CN(c1ccc(F)cc1)S(=O)(=O)c1ccc2c(c1)OCCO2. The summed E-state index contributed by atoms with van der Waals surface area (Å²) in [5.74, 6) is -0.939. The number of benzene rings is 3. The van der Waals surface area contributed by atoms with Crippen molar-refractivity contribution < 1.29 is 31.9 Å². The second-order valence-corrected chi connectivity index (χ2v) is 11.5. The maximum Gasteiger partial charge on any atom is 0.264 e. The number of rotatable bonds is 9. The minimum absolute atomic E-state index is 0.0498. The summed E-state index contributed by atoms with van der Waals surface area (Å²) >= 11 is 3.40. The lowest BCUT2D eigenvalue weighted by molar-refractivity contribution is -0.139. The zero-order valence-electron chi connectivity index (χ0n) is 21.3. The molecule has 39 heavy (non-hydrogen) atoms. The molecule has 1 N–H and O–H groups in total. The van der Waals surface area contributed by atoms with Gasteiger partial charge < -0.3 is 19.7 Å². The minimum atomic E-state index is -4.34. The average Bonchev–Trinajstić information content (AvgIpc) is 2.94. The highest BCUT2D eigenvalue weighted by molar-refractivity contribution is 9.10. The second-order valence-electron chi connectivity index (χ2n) is 8.74. The van der Waals surface area contributed by atoms with Crippen LogP contribution in [0.4, 0.5) is 10.1 Å². The van der Waals surface area contributed by atoms with Crippen molar-refractivity contribution >= 4 is 43.5 Å². The van der Waals surface area contributed by atoms with E-state index < -0.39 is 40.2 Å². The van der Waals surface area contributed by atoms with Crippen LogP contribution in [0.3, 0.4) is 0 Å². The third-order valence-corrected chi connectivity index (χ3v) is 8.41. The molecule has 0 unspecified atom stereocenters. The highest BCUT2D eigenvalue weighted by Gasteiger charge is 2.33. The molecule has 0 aliphatic carbocycles. The van der Waals surface area contributed by atoms with Gasteiger partial charge in [0.15, 0.2) is 11.5 Å². The van der Waals surface area contributed by atoms with Gasteiger partial charge in [0.05, 0.1) is 10.6 Å². The molecule has 4 rings (SSSR count). The number of hydrogen-bond acceptors (Lipinski definition) is 6. The molecule has 0 saturated heterocycles. The fraction of sp³-hybridized carbons (Fsp3) is 0.259. The first-order chi connectivity index (χ1) is 18.6. The van der Waals surface area contributed by atoms with Crippen LogP contribution in [-0.2, 0) is 26.2 Å². The maximum atomic E-state index is 13.9. The molecule has 0 aromatic heterocycles. The normalized spacial score (nSPS) is 13.3. The van der Waals surface area contributed by atoms with Gasteiger partial charge >= 0.3 is 0 Å². The summed E-state index contributed by atoms with van der Waals surface area (Å²) in [6, 6.07) is 15.3. The van der Waals surface area contributed by atoms with Gasteiger partial charge in [0.1, 0.15) is 31.6 Å². The van der Waals surface area contributed by atoms with E-state index in [2.05, 4.69) is 21.2 Å². The Morgan fingerprint density at radius 2 is 1.72 bits per heavy atom. The topological polar surface area (TPSA) is 105 Å². The van der Waals surface area contributed by atoms with E-state index in [1.165, 1.54) is 42.3 Å². The summed E-state index contributed by atoms with van der Waals surface area (Å²) in [5, 5.41) is 2.53. The van der Waals surface area contributed by atoms with Crippen molar-refractivity contribution in [3.8, 4) is 11.5 Å². The quantitative estimate of drug-likeness (QED) is 0.391. The number of nitrogens with one attached hydrogen (secondary N) is 1. The van der Waals surface area contributed by atoms with E-state index in [0.29, 0.717) is 12.4 Å². The van der Waals surface area contributed by atoms with E-state index >= 15 is 0 Å². The third-order valence-electron chi connectivity index (χ3n) is 6.15. The summed E-state index contributed by atoms with van der Waals surface area (Å²) in [4.78, 5) is 27.5. The van der Waals surface area contributed by atoms with Crippen molar-refractivity contribution in [3.05, 3.63) is 82.6 Å². The highest BCUT2D eigenvalue weighted by Crippen LogP contribution is 2.34. The third kappa shape index (κ3) is 6.51. The number of ether oxygens (including phenoxy) is 2. The molecule has 9 nitrogen and oxygen atoms in total. The smallest absolute Gasteiger partial charge is 0.264 e. The van der Waals surface area contributed by atoms with Crippen LogP contribution in [0, 0.1) is 5.82 Å². The monoisotopic (exact) mass is 619 g/mol. The first kappa shape index (κ1) is 28.4. The van der Waals surface area contributed by atoms with E-state index in [1.54, 1.807) is 25.1 Å². The van der Waals surface area contributed by atoms with Gasteiger partial charge in [-0.15, -0.1) is 0 Å². The van der Waals surface area contributed by atoms with Crippen LogP contribution in [0.5, 0.6) is 11.5 Å². The van der Waals surface area contributed by atoms with Crippen LogP contribution < -0.4 is 19.1 Å².